The summed E-state index contributed by atoms with van der Waals surface area (Å²) in [5, 5.41) is 11.0. The summed E-state index contributed by atoms with van der Waals surface area (Å²) in [4.78, 5) is 11.0. The van der Waals surface area contributed by atoms with E-state index in [2.05, 4.69) is 5.32 Å². The molecule has 1 aliphatic rings. The maximum atomic E-state index is 11.0. The molecule has 0 heterocycles. The molecule has 1 fully saturated rings. The van der Waals surface area contributed by atoms with Crippen molar-refractivity contribution in [2.24, 2.45) is 5.92 Å². The van der Waals surface area contributed by atoms with Crippen LogP contribution < -0.4 is 5.32 Å². The van der Waals surface area contributed by atoms with E-state index < -0.39 is 0 Å². The van der Waals surface area contributed by atoms with E-state index in [0.717, 1.165) is 18.9 Å². The zero-order chi connectivity index (χ0) is 10.2. The zero-order valence-electron chi connectivity index (χ0n) is 8.59. The molecule has 0 aliphatic heterocycles. The fraction of sp³-hybridized carbons (Fsp3) is 0.818. The number of hydrogen-bond acceptors (Lipinski definition) is 2. The van der Waals surface area contributed by atoms with Crippen molar-refractivity contribution in [1.82, 2.24) is 5.32 Å². The molecule has 0 aromatic rings. The van der Waals surface area contributed by atoms with Gasteiger partial charge in [-0.3, -0.25) is 4.79 Å². The monoisotopic (exact) mass is 194 g/mol. The van der Waals surface area contributed by atoms with Crippen LogP contribution in [0.25, 0.3) is 0 Å². The van der Waals surface area contributed by atoms with Crippen molar-refractivity contribution in [3.63, 3.8) is 0 Å². The van der Waals surface area contributed by atoms with E-state index in [1.54, 1.807) is 0 Å². The molecule has 14 heavy (non-hydrogen) atoms. The SMILES string of the molecule is N#CCC(=O)NCCC1CCCCC1. The largest absolute Gasteiger partial charge is 0.355 e. The second-order valence-corrected chi connectivity index (χ2v) is 3.98. The van der Waals surface area contributed by atoms with E-state index in [9.17, 15) is 4.79 Å². The van der Waals surface area contributed by atoms with Crippen molar-refractivity contribution < 1.29 is 4.79 Å². The first-order valence-electron chi connectivity index (χ1n) is 5.46. The second kappa shape index (κ2) is 6.42. The van der Waals surface area contributed by atoms with Gasteiger partial charge in [0, 0.05) is 6.54 Å². The van der Waals surface area contributed by atoms with Crippen LogP contribution in [-0.4, -0.2) is 12.5 Å². The minimum Gasteiger partial charge on any atom is -0.355 e. The smallest absolute Gasteiger partial charge is 0.234 e. The molecule has 1 saturated carbocycles. The van der Waals surface area contributed by atoms with E-state index in [1.165, 1.54) is 32.1 Å². The Kier molecular flexibility index (Phi) is 5.06. The van der Waals surface area contributed by atoms with Crippen LogP contribution in [0.5, 0.6) is 0 Å². The van der Waals surface area contributed by atoms with Gasteiger partial charge in [0.2, 0.25) is 5.91 Å². The van der Waals surface area contributed by atoms with Gasteiger partial charge >= 0.3 is 0 Å². The van der Waals surface area contributed by atoms with Gasteiger partial charge in [0.15, 0.2) is 0 Å². The average molecular weight is 194 g/mol. The molecular weight excluding hydrogens is 176 g/mol. The molecule has 0 atom stereocenters. The molecule has 0 bridgehead atoms. The van der Waals surface area contributed by atoms with E-state index in [0.29, 0.717) is 0 Å². The lowest BCUT2D eigenvalue weighted by Crippen LogP contribution is -2.25. The van der Waals surface area contributed by atoms with E-state index in [4.69, 9.17) is 5.26 Å². The van der Waals surface area contributed by atoms with Crippen molar-refractivity contribution in [2.45, 2.75) is 44.9 Å². The number of nitrogens with one attached hydrogen (secondary N) is 1. The van der Waals surface area contributed by atoms with Gasteiger partial charge in [-0.2, -0.15) is 5.26 Å². The molecule has 0 spiro atoms. The van der Waals surface area contributed by atoms with E-state index in [1.807, 2.05) is 6.07 Å². The van der Waals surface area contributed by atoms with Crippen LogP contribution in [0.3, 0.4) is 0 Å². The molecule has 3 nitrogen and oxygen atoms in total. The molecule has 0 radical (unpaired) electrons. The third-order valence-electron chi connectivity index (χ3n) is 2.84. The maximum Gasteiger partial charge on any atom is 0.234 e. The van der Waals surface area contributed by atoms with Crippen molar-refractivity contribution >= 4 is 5.91 Å². The molecule has 1 rings (SSSR count). The first kappa shape index (κ1) is 11.0. The summed E-state index contributed by atoms with van der Waals surface area (Å²) in [6.07, 6.45) is 7.76. The van der Waals surface area contributed by atoms with Crippen molar-refractivity contribution in [1.29, 1.82) is 5.26 Å². The number of nitrogens with zero attached hydrogens (tertiary/aromatic N) is 1. The fourth-order valence-electron chi connectivity index (χ4n) is 2.03. The highest BCUT2D eigenvalue weighted by molar-refractivity contribution is 5.77. The molecular formula is C11H18N2O. The van der Waals surface area contributed by atoms with Crippen LogP contribution in [0.4, 0.5) is 0 Å². The number of hydrogen-bond donors (Lipinski definition) is 1. The molecule has 1 aliphatic carbocycles. The summed E-state index contributed by atoms with van der Waals surface area (Å²) in [6.45, 7) is 0.741. The predicted molar refractivity (Wildman–Crippen MR) is 54.4 cm³/mol. The van der Waals surface area contributed by atoms with Crippen molar-refractivity contribution in [3.8, 4) is 6.07 Å². The molecule has 0 aromatic heterocycles. The summed E-state index contributed by atoms with van der Waals surface area (Å²) in [6, 6.07) is 1.84. The van der Waals surface area contributed by atoms with Crippen LogP contribution in [0.1, 0.15) is 44.9 Å². The lowest BCUT2D eigenvalue weighted by Gasteiger charge is -2.21. The Labute approximate surface area is 85.5 Å². The minimum absolute atomic E-state index is 0.00926. The second-order valence-electron chi connectivity index (χ2n) is 3.98. The van der Waals surface area contributed by atoms with Gasteiger partial charge in [0.05, 0.1) is 6.07 Å². The Bertz CT molecular complexity index is 214. The molecule has 0 unspecified atom stereocenters. The minimum atomic E-state index is -0.136. The standard InChI is InChI=1S/C11H18N2O/c12-8-6-11(14)13-9-7-10-4-2-1-3-5-10/h10H,1-7,9H2,(H,13,14). The highest BCUT2D eigenvalue weighted by Crippen LogP contribution is 2.25. The van der Waals surface area contributed by atoms with Gasteiger partial charge < -0.3 is 5.32 Å². The highest BCUT2D eigenvalue weighted by Gasteiger charge is 2.12. The Hall–Kier alpha value is -1.04. The Balaban J connectivity index is 2.03. The molecule has 1 amide bonds. The van der Waals surface area contributed by atoms with Crippen molar-refractivity contribution in [3.05, 3.63) is 0 Å². The van der Waals surface area contributed by atoms with Gasteiger partial charge in [-0.05, 0) is 12.3 Å². The number of carbonyl (C=O) groups is 1. The first-order chi connectivity index (χ1) is 6.83. The van der Waals surface area contributed by atoms with Crippen molar-refractivity contribution in [2.75, 3.05) is 6.54 Å². The molecule has 0 aromatic carbocycles. The van der Waals surface area contributed by atoms with Crippen LogP contribution >= 0.6 is 0 Å². The Morgan fingerprint density at radius 3 is 2.71 bits per heavy atom. The van der Waals surface area contributed by atoms with E-state index in [-0.39, 0.29) is 12.3 Å². The topological polar surface area (TPSA) is 52.9 Å². The maximum absolute atomic E-state index is 11.0. The first-order valence-corrected chi connectivity index (χ1v) is 5.46. The number of carbonyl (C=O) groups excluding carboxylic acids is 1. The zero-order valence-corrected chi connectivity index (χ0v) is 8.59. The van der Waals surface area contributed by atoms with E-state index >= 15 is 0 Å². The van der Waals surface area contributed by atoms with Gasteiger partial charge in [-0.25, -0.2) is 0 Å². The third-order valence-corrected chi connectivity index (χ3v) is 2.84. The van der Waals surface area contributed by atoms with Crippen LogP contribution in [0.2, 0.25) is 0 Å². The Morgan fingerprint density at radius 2 is 2.07 bits per heavy atom. The number of rotatable bonds is 4. The third kappa shape index (κ3) is 4.27. The summed E-state index contributed by atoms with van der Waals surface area (Å²) >= 11 is 0. The number of nitriles is 1. The number of amides is 1. The fourth-order valence-corrected chi connectivity index (χ4v) is 2.03. The quantitative estimate of drug-likeness (QED) is 0.744. The lowest BCUT2D eigenvalue weighted by molar-refractivity contribution is -0.120. The predicted octanol–water partition coefficient (Wildman–Crippen LogP) is 1.99. The summed E-state index contributed by atoms with van der Waals surface area (Å²) in [5.41, 5.74) is 0. The van der Waals surface area contributed by atoms with Gasteiger partial charge in [-0.15, -0.1) is 0 Å². The van der Waals surface area contributed by atoms with Gasteiger partial charge in [-0.1, -0.05) is 32.1 Å². The average Bonchev–Trinajstić information content (AvgIpc) is 2.20. The van der Waals surface area contributed by atoms with Crippen LogP contribution in [0, 0.1) is 17.2 Å². The lowest BCUT2D eigenvalue weighted by atomic mass is 9.87. The summed E-state index contributed by atoms with van der Waals surface area (Å²) < 4.78 is 0. The summed E-state index contributed by atoms with van der Waals surface area (Å²) in [5.74, 6) is 0.662. The van der Waals surface area contributed by atoms with Gasteiger partial charge in [0.1, 0.15) is 6.42 Å². The van der Waals surface area contributed by atoms with Crippen LogP contribution in [0.15, 0.2) is 0 Å². The molecule has 0 saturated heterocycles. The molecule has 3 heteroatoms. The van der Waals surface area contributed by atoms with Gasteiger partial charge in [0.25, 0.3) is 0 Å². The molecule has 1 N–H and O–H groups in total. The summed E-state index contributed by atoms with van der Waals surface area (Å²) in [7, 11) is 0. The van der Waals surface area contributed by atoms with Crippen LogP contribution in [-0.2, 0) is 4.79 Å². The normalized spacial score (nSPS) is 17.4. The Morgan fingerprint density at radius 1 is 1.36 bits per heavy atom. The highest BCUT2D eigenvalue weighted by atomic mass is 16.1. The molecule has 78 valence electrons.